The zero-order valence-corrected chi connectivity index (χ0v) is 12.8. The second kappa shape index (κ2) is 5.96. The minimum atomic E-state index is 0.519. The van der Waals surface area contributed by atoms with Crippen LogP contribution in [0.2, 0.25) is 10.0 Å². The van der Waals surface area contributed by atoms with Gasteiger partial charge in [-0.05, 0) is 40.0 Å². The van der Waals surface area contributed by atoms with Crippen LogP contribution in [0.1, 0.15) is 12.5 Å². The average molecular weight is 346 g/mol. The molecule has 0 amide bonds. The van der Waals surface area contributed by atoms with Crippen LogP contribution in [-0.4, -0.2) is 0 Å². The van der Waals surface area contributed by atoms with Gasteiger partial charge in [0.25, 0.3) is 0 Å². The van der Waals surface area contributed by atoms with Crippen molar-refractivity contribution >= 4 is 39.1 Å². The van der Waals surface area contributed by atoms with Crippen molar-refractivity contribution < 1.29 is 4.74 Å². The molecule has 0 saturated carbocycles. The van der Waals surface area contributed by atoms with Crippen molar-refractivity contribution in [3.63, 3.8) is 0 Å². The Morgan fingerprint density at radius 2 is 1.83 bits per heavy atom. The molecule has 0 aliphatic rings. The van der Waals surface area contributed by atoms with Crippen molar-refractivity contribution in [3.05, 3.63) is 56.5 Å². The van der Waals surface area contributed by atoms with E-state index in [1.807, 2.05) is 24.3 Å². The van der Waals surface area contributed by atoms with E-state index in [1.54, 1.807) is 12.1 Å². The van der Waals surface area contributed by atoms with Crippen LogP contribution in [-0.2, 0) is 6.42 Å². The van der Waals surface area contributed by atoms with Crippen LogP contribution in [0.5, 0.6) is 11.5 Å². The summed E-state index contributed by atoms with van der Waals surface area (Å²) in [6, 6.07) is 11.3. The number of rotatable bonds is 3. The third kappa shape index (κ3) is 3.00. The maximum Gasteiger partial charge on any atom is 0.148 e. The van der Waals surface area contributed by atoms with Gasteiger partial charge >= 0.3 is 0 Å². The van der Waals surface area contributed by atoms with Crippen LogP contribution >= 0.6 is 39.1 Å². The van der Waals surface area contributed by atoms with E-state index in [-0.39, 0.29) is 0 Å². The van der Waals surface area contributed by atoms with Gasteiger partial charge in [0.1, 0.15) is 11.5 Å². The highest BCUT2D eigenvalue weighted by Gasteiger charge is 2.10. The standard InChI is InChI=1S/C14H11BrCl2O/c1-2-9-5-3-4-6-12(9)18-13-8-10(16)7-11(15)14(13)17/h3-8H,2H2,1H3. The molecule has 0 N–H and O–H groups in total. The summed E-state index contributed by atoms with van der Waals surface area (Å²) in [5.74, 6) is 1.35. The summed E-state index contributed by atoms with van der Waals surface area (Å²) in [6.07, 6.45) is 0.898. The average Bonchev–Trinajstić information content (AvgIpc) is 2.36. The summed E-state index contributed by atoms with van der Waals surface area (Å²) in [5.41, 5.74) is 1.13. The Morgan fingerprint density at radius 1 is 1.11 bits per heavy atom. The van der Waals surface area contributed by atoms with Crippen LogP contribution in [0.15, 0.2) is 40.9 Å². The molecule has 0 radical (unpaired) electrons. The van der Waals surface area contributed by atoms with Crippen molar-refractivity contribution in [2.45, 2.75) is 13.3 Å². The summed E-state index contributed by atoms with van der Waals surface area (Å²) < 4.78 is 6.57. The quantitative estimate of drug-likeness (QED) is 0.609. The van der Waals surface area contributed by atoms with Crippen molar-refractivity contribution in [2.24, 2.45) is 0 Å². The number of aryl methyl sites for hydroxylation is 1. The molecule has 0 unspecified atom stereocenters. The largest absolute Gasteiger partial charge is 0.455 e. The van der Waals surface area contributed by atoms with Crippen molar-refractivity contribution in [3.8, 4) is 11.5 Å². The van der Waals surface area contributed by atoms with Crippen LogP contribution < -0.4 is 4.74 Å². The zero-order valence-electron chi connectivity index (χ0n) is 9.71. The van der Waals surface area contributed by atoms with Crippen molar-refractivity contribution in [1.29, 1.82) is 0 Å². The van der Waals surface area contributed by atoms with Crippen LogP contribution in [0.3, 0.4) is 0 Å². The Bertz CT molecular complexity index is 570. The number of ether oxygens (including phenoxy) is 1. The molecule has 0 saturated heterocycles. The lowest BCUT2D eigenvalue weighted by atomic mass is 10.1. The molecule has 94 valence electrons. The summed E-state index contributed by atoms with van der Waals surface area (Å²) in [5, 5.41) is 1.10. The summed E-state index contributed by atoms with van der Waals surface area (Å²) in [7, 11) is 0. The molecule has 0 bridgehead atoms. The minimum Gasteiger partial charge on any atom is -0.455 e. The molecule has 2 aromatic carbocycles. The Kier molecular flexibility index (Phi) is 4.55. The van der Waals surface area contributed by atoms with Gasteiger partial charge in [-0.1, -0.05) is 48.3 Å². The highest BCUT2D eigenvalue weighted by molar-refractivity contribution is 9.10. The molecule has 0 atom stereocenters. The molecule has 0 aromatic heterocycles. The summed E-state index contributed by atoms with van der Waals surface area (Å²) >= 11 is 15.5. The van der Waals surface area contributed by atoms with E-state index < -0.39 is 0 Å². The fourth-order valence-electron chi connectivity index (χ4n) is 1.62. The smallest absolute Gasteiger partial charge is 0.148 e. The zero-order chi connectivity index (χ0) is 13.1. The highest BCUT2D eigenvalue weighted by atomic mass is 79.9. The fraction of sp³-hybridized carbons (Fsp3) is 0.143. The SMILES string of the molecule is CCc1ccccc1Oc1cc(Cl)cc(Br)c1Cl. The van der Waals surface area contributed by atoms with E-state index in [9.17, 15) is 0 Å². The topological polar surface area (TPSA) is 9.23 Å². The van der Waals surface area contributed by atoms with E-state index in [0.717, 1.165) is 22.2 Å². The third-order valence-corrected chi connectivity index (χ3v) is 3.99. The van der Waals surface area contributed by atoms with Gasteiger partial charge in [0, 0.05) is 15.6 Å². The molecule has 1 nitrogen and oxygen atoms in total. The first kappa shape index (κ1) is 13.7. The van der Waals surface area contributed by atoms with E-state index in [2.05, 4.69) is 22.9 Å². The molecule has 0 heterocycles. The molecule has 0 aliphatic heterocycles. The molecule has 2 rings (SSSR count). The molecule has 18 heavy (non-hydrogen) atoms. The minimum absolute atomic E-state index is 0.519. The molecule has 0 fully saturated rings. The molecular weight excluding hydrogens is 335 g/mol. The predicted molar refractivity (Wildman–Crippen MR) is 80.1 cm³/mol. The second-order valence-electron chi connectivity index (χ2n) is 3.76. The van der Waals surface area contributed by atoms with E-state index in [0.29, 0.717) is 15.8 Å². The molecule has 0 aliphatic carbocycles. The van der Waals surface area contributed by atoms with Gasteiger partial charge < -0.3 is 4.74 Å². The lowest BCUT2D eigenvalue weighted by Gasteiger charge is -2.12. The Morgan fingerprint density at radius 3 is 2.56 bits per heavy atom. The van der Waals surface area contributed by atoms with Crippen molar-refractivity contribution in [2.75, 3.05) is 0 Å². The molecule has 4 heteroatoms. The van der Waals surface area contributed by atoms with Gasteiger partial charge in [-0.15, -0.1) is 0 Å². The monoisotopic (exact) mass is 344 g/mol. The fourth-order valence-corrected chi connectivity index (χ4v) is 2.55. The first-order valence-electron chi connectivity index (χ1n) is 5.52. The lowest BCUT2D eigenvalue weighted by Crippen LogP contribution is -1.91. The Balaban J connectivity index is 2.40. The van der Waals surface area contributed by atoms with Gasteiger partial charge in [-0.25, -0.2) is 0 Å². The van der Waals surface area contributed by atoms with Gasteiger partial charge in [-0.3, -0.25) is 0 Å². The maximum atomic E-state index is 6.18. The van der Waals surface area contributed by atoms with Crippen molar-refractivity contribution in [1.82, 2.24) is 0 Å². The Labute approximate surface area is 125 Å². The Hall–Kier alpha value is -0.700. The summed E-state index contributed by atoms with van der Waals surface area (Å²) in [6.45, 7) is 2.08. The van der Waals surface area contributed by atoms with Gasteiger partial charge in [0.2, 0.25) is 0 Å². The van der Waals surface area contributed by atoms with Crippen LogP contribution in [0.25, 0.3) is 0 Å². The molecule has 0 spiro atoms. The number of benzene rings is 2. The second-order valence-corrected chi connectivity index (χ2v) is 5.43. The molecule has 2 aromatic rings. The van der Waals surface area contributed by atoms with Gasteiger partial charge in [-0.2, -0.15) is 0 Å². The van der Waals surface area contributed by atoms with Crippen LogP contribution in [0.4, 0.5) is 0 Å². The summed E-state index contributed by atoms with van der Waals surface area (Å²) in [4.78, 5) is 0. The third-order valence-electron chi connectivity index (χ3n) is 2.53. The lowest BCUT2D eigenvalue weighted by molar-refractivity contribution is 0.477. The van der Waals surface area contributed by atoms with Crippen LogP contribution in [0, 0.1) is 0 Å². The number of hydrogen-bond acceptors (Lipinski definition) is 1. The predicted octanol–water partition coefficient (Wildman–Crippen LogP) is 6.11. The van der Waals surface area contributed by atoms with Gasteiger partial charge in [0.05, 0.1) is 5.02 Å². The highest BCUT2D eigenvalue weighted by Crippen LogP contribution is 2.38. The first-order valence-corrected chi connectivity index (χ1v) is 7.07. The number of para-hydroxylation sites is 1. The van der Waals surface area contributed by atoms with E-state index >= 15 is 0 Å². The van der Waals surface area contributed by atoms with E-state index in [4.69, 9.17) is 27.9 Å². The maximum absolute atomic E-state index is 6.18. The normalized spacial score (nSPS) is 10.4. The first-order chi connectivity index (χ1) is 8.61. The van der Waals surface area contributed by atoms with E-state index in [1.165, 1.54) is 0 Å². The number of halogens is 3. The number of hydrogen-bond donors (Lipinski definition) is 0. The molecular formula is C14H11BrCl2O. The van der Waals surface area contributed by atoms with Gasteiger partial charge in [0.15, 0.2) is 0 Å².